The van der Waals surface area contributed by atoms with Crippen LogP contribution < -0.4 is 5.73 Å². The molecule has 102 valence electrons. The highest BCUT2D eigenvalue weighted by Crippen LogP contribution is 2.37. The molecule has 2 rings (SSSR count). The molecule has 0 saturated heterocycles. The van der Waals surface area contributed by atoms with Crippen LogP contribution in [0.4, 0.5) is 5.95 Å². The molecule has 0 aromatic carbocycles. The molecule has 18 heavy (non-hydrogen) atoms. The zero-order valence-electron chi connectivity index (χ0n) is 11.6. The smallest absolute Gasteiger partial charge is 0.222 e. The third kappa shape index (κ3) is 2.99. The lowest BCUT2D eigenvalue weighted by Crippen LogP contribution is -2.17. The number of aromatic nitrogens is 3. The van der Waals surface area contributed by atoms with Gasteiger partial charge in [0.2, 0.25) is 5.95 Å². The second-order valence-corrected chi connectivity index (χ2v) is 6.74. The van der Waals surface area contributed by atoms with Crippen LogP contribution in [0.5, 0.6) is 0 Å². The topological polar surface area (TPSA) is 56.7 Å². The van der Waals surface area contributed by atoms with Crippen LogP contribution in [-0.4, -0.2) is 20.0 Å². The highest BCUT2D eigenvalue weighted by molar-refractivity contribution is 7.99. The second-order valence-electron chi connectivity index (χ2n) is 5.47. The summed E-state index contributed by atoms with van der Waals surface area (Å²) < 4.78 is 2.04. The van der Waals surface area contributed by atoms with Crippen LogP contribution in [0.15, 0.2) is 5.16 Å². The first-order valence-corrected chi connectivity index (χ1v) is 7.86. The maximum absolute atomic E-state index is 5.87. The van der Waals surface area contributed by atoms with Gasteiger partial charge >= 0.3 is 0 Å². The standard InChI is InChI=1S/C13H24N4S/c1-4-10-5-7-11(8-6-10)18-13-16-15-12(14)17(13)9(2)3/h9-11H,4-8H2,1-3H3,(H2,14,15). The van der Waals surface area contributed by atoms with E-state index in [9.17, 15) is 0 Å². The molecule has 1 aromatic rings. The van der Waals surface area contributed by atoms with Crippen molar-refractivity contribution in [3.05, 3.63) is 0 Å². The molecule has 4 nitrogen and oxygen atoms in total. The minimum absolute atomic E-state index is 0.328. The van der Waals surface area contributed by atoms with Crippen LogP contribution in [0.3, 0.4) is 0 Å². The molecular weight excluding hydrogens is 244 g/mol. The molecule has 2 N–H and O–H groups in total. The van der Waals surface area contributed by atoms with Gasteiger partial charge < -0.3 is 5.73 Å². The minimum atomic E-state index is 0.328. The maximum Gasteiger partial charge on any atom is 0.222 e. The van der Waals surface area contributed by atoms with E-state index < -0.39 is 0 Å². The van der Waals surface area contributed by atoms with Gasteiger partial charge in [-0.2, -0.15) is 0 Å². The molecule has 1 aliphatic carbocycles. The number of rotatable bonds is 4. The number of hydrogen-bond acceptors (Lipinski definition) is 4. The van der Waals surface area contributed by atoms with Crippen LogP contribution >= 0.6 is 11.8 Å². The average molecular weight is 268 g/mol. The van der Waals surface area contributed by atoms with Crippen LogP contribution in [0.25, 0.3) is 0 Å². The first kappa shape index (κ1) is 13.7. The van der Waals surface area contributed by atoms with Crippen molar-refractivity contribution in [2.75, 3.05) is 5.73 Å². The fourth-order valence-corrected chi connectivity index (χ4v) is 3.97. The van der Waals surface area contributed by atoms with Crippen molar-refractivity contribution < 1.29 is 0 Å². The van der Waals surface area contributed by atoms with E-state index in [0.717, 1.165) is 11.1 Å². The van der Waals surface area contributed by atoms with Crippen LogP contribution in [0, 0.1) is 5.92 Å². The Labute approximate surface area is 114 Å². The summed E-state index contributed by atoms with van der Waals surface area (Å²) in [6.45, 7) is 6.55. The monoisotopic (exact) mass is 268 g/mol. The normalized spacial score (nSPS) is 24.7. The van der Waals surface area contributed by atoms with Crippen molar-refractivity contribution in [1.82, 2.24) is 14.8 Å². The molecule has 1 aliphatic rings. The summed E-state index contributed by atoms with van der Waals surface area (Å²) in [7, 11) is 0. The summed E-state index contributed by atoms with van der Waals surface area (Å²) in [5.74, 6) is 1.48. The molecule has 0 amide bonds. The van der Waals surface area contributed by atoms with E-state index in [-0.39, 0.29) is 0 Å². The first-order valence-electron chi connectivity index (χ1n) is 6.98. The van der Waals surface area contributed by atoms with E-state index >= 15 is 0 Å². The highest BCUT2D eigenvalue weighted by atomic mass is 32.2. The lowest BCUT2D eigenvalue weighted by atomic mass is 9.87. The summed E-state index contributed by atoms with van der Waals surface area (Å²) in [5.41, 5.74) is 5.87. The molecule has 0 radical (unpaired) electrons. The summed E-state index contributed by atoms with van der Waals surface area (Å²) in [6.07, 6.45) is 6.65. The molecule has 0 aliphatic heterocycles. The molecule has 5 heteroatoms. The lowest BCUT2D eigenvalue weighted by molar-refractivity contribution is 0.356. The number of nitrogens with zero attached hydrogens (tertiary/aromatic N) is 3. The zero-order valence-corrected chi connectivity index (χ0v) is 12.4. The average Bonchev–Trinajstić information content (AvgIpc) is 2.71. The Hall–Kier alpha value is -0.710. The zero-order chi connectivity index (χ0) is 13.1. The minimum Gasteiger partial charge on any atom is -0.368 e. The maximum atomic E-state index is 5.87. The van der Waals surface area contributed by atoms with Crippen molar-refractivity contribution in [3.63, 3.8) is 0 Å². The molecule has 0 bridgehead atoms. The number of anilines is 1. The molecule has 0 spiro atoms. The Morgan fingerprint density at radius 2 is 1.94 bits per heavy atom. The summed E-state index contributed by atoms with van der Waals surface area (Å²) in [4.78, 5) is 0. The largest absolute Gasteiger partial charge is 0.368 e. The second kappa shape index (κ2) is 5.95. The number of hydrogen-bond donors (Lipinski definition) is 1. The summed E-state index contributed by atoms with van der Waals surface area (Å²) >= 11 is 1.86. The van der Waals surface area contributed by atoms with Gasteiger partial charge in [-0.1, -0.05) is 25.1 Å². The molecule has 1 fully saturated rings. The Morgan fingerprint density at radius 1 is 1.28 bits per heavy atom. The SMILES string of the molecule is CCC1CCC(Sc2nnc(N)n2C(C)C)CC1. The van der Waals surface area contributed by atoms with Crippen LogP contribution in [-0.2, 0) is 0 Å². The van der Waals surface area contributed by atoms with Gasteiger partial charge in [0.1, 0.15) is 0 Å². The van der Waals surface area contributed by atoms with Gasteiger partial charge in [0, 0.05) is 11.3 Å². The lowest BCUT2D eigenvalue weighted by Gasteiger charge is -2.27. The Bertz CT molecular complexity index is 380. The Kier molecular flexibility index (Phi) is 4.54. The van der Waals surface area contributed by atoms with E-state index in [2.05, 4.69) is 31.0 Å². The van der Waals surface area contributed by atoms with E-state index in [1.165, 1.54) is 32.1 Å². The molecule has 0 unspecified atom stereocenters. The van der Waals surface area contributed by atoms with Crippen LogP contribution in [0.1, 0.15) is 58.9 Å². The van der Waals surface area contributed by atoms with Crippen molar-refractivity contribution >= 4 is 17.7 Å². The van der Waals surface area contributed by atoms with Crippen molar-refractivity contribution in [3.8, 4) is 0 Å². The van der Waals surface area contributed by atoms with Crippen molar-refractivity contribution in [1.29, 1.82) is 0 Å². The van der Waals surface area contributed by atoms with E-state index in [0.29, 0.717) is 17.2 Å². The number of nitrogen functional groups attached to an aromatic ring is 1. The Balaban J connectivity index is 1.98. The molecular formula is C13H24N4S. The van der Waals surface area contributed by atoms with E-state index in [4.69, 9.17) is 5.73 Å². The molecule has 1 aromatic heterocycles. The first-order chi connectivity index (χ1) is 8.61. The van der Waals surface area contributed by atoms with Crippen molar-refractivity contribution in [2.45, 2.75) is 69.3 Å². The number of thioether (sulfide) groups is 1. The van der Waals surface area contributed by atoms with Gasteiger partial charge in [0.25, 0.3) is 0 Å². The van der Waals surface area contributed by atoms with Gasteiger partial charge in [-0.05, 0) is 45.4 Å². The third-order valence-electron chi connectivity index (χ3n) is 3.85. The van der Waals surface area contributed by atoms with Gasteiger partial charge in [0.05, 0.1) is 0 Å². The molecule has 0 atom stereocenters. The van der Waals surface area contributed by atoms with Gasteiger partial charge in [0.15, 0.2) is 5.16 Å². The van der Waals surface area contributed by atoms with E-state index in [1.54, 1.807) is 0 Å². The predicted octanol–water partition coefficient (Wildman–Crippen LogP) is 3.50. The van der Waals surface area contributed by atoms with Gasteiger partial charge in [-0.15, -0.1) is 10.2 Å². The quantitative estimate of drug-likeness (QED) is 0.908. The Morgan fingerprint density at radius 3 is 2.50 bits per heavy atom. The van der Waals surface area contributed by atoms with Gasteiger partial charge in [-0.25, -0.2) is 0 Å². The fourth-order valence-electron chi connectivity index (χ4n) is 2.66. The third-order valence-corrected chi connectivity index (χ3v) is 5.14. The van der Waals surface area contributed by atoms with Crippen molar-refractivity contribution in [2.24, 2.45) is 5.92 Å². The molecule has 1 saturated carbocycles. The van der Waals surface area contributed by atoms with E-state index in [1.807, 2.05) is 16.3 Å². The van der Waals surface area contributed by atoms with Crippen LogP contribution in [0.2, 0.25) is 0 Å². The number of nitrogens with two attached hydrogens (primary N) is 1. The summed E-state index contributed by atoms with van der Waals surface area (Å²) in [5, 5.41) is 9.90. The summed E-state index contributed by atoms with van der Waals surface area (Å²) in [6, 6.07) is 0.328. The molecule has 1 heterocycles. The van der Waals surface area contributed by atoms with Gasteiger partial charge in [-0.3, -0.25) is 4.57 Å². The predicted molar refractivity (Wildman–Crippen MR) is 76.7 cm³/mol. The highest BCUT2D eigenvalue weighted by Gasteiger charge is 2.23. The fraction of sp³-hybridized carbons (Fsp3) is 0.846.